The van der Waals surface area contributed by atoms with Crippen molar-refractivity contribution < 1.29 is 4.79 Å². The van der Waals surface area contributed by atoms with Crippen LogP contribution in [0.1, 0.15) is 16.1 Å². The van der Waals surface area contributed by atoms with Crippen LogP contribution in [-0.4, -0.2) is 15.9 Å². The number of carbonyl (C=O) groups excluding carboxylic acids is 1. The van der Waals surface area contributed by atoms with Crippen molar-refractivity contribution in [3.63, 3.8) is 0 Å². The van der Waals surface area contributed by atoms with Crippen LogP contribution in [0.2, 0.25) is 5.15 Å². The average molecular weight is 327 g/mol. The maximum atomic E-state index is 11.9. The molecule has 0 spiro atoms. The van der Waals surface area contributed by atoms with Crippen LogP contribution in [-0.2, 0) is 0 Å². The molecule has 1 amide bonds. The van der Waals surface area contributed by atoms with Gasteiger partial charge in [-0.05, 0) is 24.6 Å². The topological polar surface area (TPSA) is 54.9 Å². The molecule has 0 radical (unpaired) electrons. The lowest BCUT2D eigenvalue weighted by Crippen LogP contribution is -2.14. The number of rotatable bonds is 2. The van der Waals surface area contributed by atoms with Gasteiger partial charge in [0.15, 0.2) is 0 Å². The Morgan fingerprint density at radius 1 is 1.39 bits per heavy atom. The standard InChI is InChI=1S/C12H9BrClN3O/c1-7-8(13)3-2-4-9(7)17-12(18)10-5-15-6-11(14)16-10/h2-6H,1H3,(H,17,18). The van der Waals surface area contributed by atoms with Gasteiger partial charge in [0.2, 0.25) is 0 Å². The van der Waals surface area contributed by atoms with Gasteiger partial charge in [0.25, 0.3) is 5.91 Å². The summed E-state index contributed by atoms with van der Waals surface area (Å²) in [5, 5.41) is 2.95. The average Bonchev–Trinajstić information content (AvgIpc) is 2.35. The molecule has 0 aliphatic carbocycles. The van der Waals surface area contributed by atoms with Crippen molar-refractivity contribution in [2.75, 3.05) is 5.32 Å². The van der Waals surface area contributed by atoms with Crippen molar-refractivity contribution in [3.05, 3.63) is 51.5 Å². The molecule has 0 unspecified atom stereocenters. The van der Waals surface area contributed by atoms with Crippen molar-refractivity contribution >= 4 is 39.1 Å². The van der Waals surface area contributed by atoms with E-state index in [2.05, 4.69) is 31.2 Å². The lowest BCUT2D eigenvalue weighted by Gasteiger charge is -2.09. The number of amides is 1. The van der Waals surface area contributed by atoms with E-state index in [1.54, 1.807) is 0 Å². The summed E-state index contributed by atoms with van der Waals surface area (Å²) >= 11 is 9.09. The third-order valence-electron chi connectivity index (χ3n) is 2.35. The Kier molecular flexibility index (Phi) is 3.93. The summed E-state index contributed by atoms with van der Waals surface area (Å²) in [5.41, 5.74) is 1.85. The fourth-order valence-corrected chi connectivity index (χ4v) is 1.89. The quantitative estimate of drug-likeness (QED) is 0.919. The van der Waals surface area contributed by atoms with Crippen LogP contribution in [0.15, 0.2) is 35.1 Å². The number of nitrogens with zero attached hydrogens (tertiary/aromatic N) is 2. The van der Waals surface area contributed by atoms with E-state index in [9.17, 15) is 4.79 Å². The van der Waals surface area contributed by atoms with E-state index in [1.165, 1.54) is 12.4 Å². The number of halogens is 2. The van der Waals surface area contributed by atoms with Gasteiger partial charge in [-0.2, -0.15) is 0 Å². The second-order valence-corrected chi connectivity index (χ2v) is 4.84. The van der Waals surface area contributed by atoms with Gasteiger partial charge in [-0.3, -0.25) is 9.78 Å². The van der Waals surface area contributed by atoms with Gasteiger partial charge in [-0.1, -0.05) is 33.6 Å². The van der Waals surface area contributed by atoms with Gasteiger partial charge in [-0.25, -0.2) is 4.98 Å². The smallest absolute Gasteiger partial charge is 0.275 e. The van der Waals surface area contributed by atoms with E-state index in [4.69, 9.17) is 11.6 Å². The SMILES string of the molecule is Cc1c(Br)cccc1NC(=O)c1cncc(Cl)n1. The summed E-state index contributed by atoms with van der Waals surface area (Å²) in [6.07, 6.45) is 2.75. The zero-order valence-electron chi connectivity index (χ0n) is 9.45. The molecule has 1 aromatic heterocycles. The number of hydrogen-bond acceptors (Lipinski definition) is 3. The number of benzene rings is 1. The van der Waals surface area contributed by atoms with E-state index in [-0.39, 0.29) is 16.8 Å². The van der Waals surface area contributed by atoms with Gasteiger partial charge in [-0.15, -0.1) is 0 Å². The normalized spacial score (nSPS) is 10.2. The van der Waals surface area contributed by atoms with Gasteiger partial charge < -0.3 is 5.32 Å². The second-order valence-electron chi connectivity index (χ2n) is 3.59. The van der Waals surface area contributed by atoms with Gasteiger partial charge in [0.1, 0.15) is 10.8 Å². The van der Waals surface area contributed by atoms with Crippen LogP contribution >= 0.6 is 27.5 Å². The third kappa shape index (κ3) is 2.86. The van der Waals surface area contributed by atoms with E-state index in [0.717, 1.165) is 15.7 Å². The maximum absolute atomic E-state index is 11.9. The molecule has 2 aromatic rings. The predicted octanol–water partition coefficient (Wildman–Crippen LogP) is 3.45. The highest BCUT2D eigenvalue weighted by molar-refractivity contribution is 9.10. The van der Waals surface area contributed by atoms with Crippen LogP contribution in [0.3, 0.4) is 0 Å². The molecular formula is C12H9BrClN3O. The number of anilines is 1. The molecule has 18 heavy (non-hydrogen) atoms. The number of aromatic nitrogens is 2. The van der Waals surface area contributed by atoms with Gasteiger partial charge >= 0.3 is 0 Å². The summed E-state index contributed by atoms with van der Waals surface area (Å²) < 4.78 is 0.928. The molecule has 0 atom stereocenters. The first kappa shape index (κ1) is 13.0. The van der Waals surface area contributed by atoms with Gasteiger partial charge in [0, 0.05) is 10.2 Å². The van der Waals surface area contributed by atoms with Crippen molar-refractivity contribution in [2.45, 2.75) is 6.92 Å². The molecule has 1 N–H and O–H groups in total. The van der Waals surface area contributed by atoms with Gasteiger partial charge in [0.05, 0.1) is 12.4 Å². The molecule has 6 heteroatoms. The van der Waals surface area contributed by atoms with Crippen LogP contribution in [0, 0.1) is 6.92 Å². The Morgan fingerprint density at radius 3 is 2.89 bits per heavy atom. The lowest BCUT2D eigenvalue weighted by molar-refractivity contribution is 0.102. The van der Waals surface area contributed by atoms with E-state index < -0.39 is 0 Å². The van der Waals surface area contributed by atoms with E-state index in [1.807, 2.05) is 25.1 Å². The Hall–Kier alpha value is -1.46. The van der Waals surface area contributed by atoms with E-state index in [0.29, 0.717) is 0 Å². The minimum atomic E-state index is -0.341. The summed E-state index contributed by atoms with van der Waals surface area (Å²) in [4.78, 5) is 19.7. The number of hydrogen-bond donors (Lipinski definition) is 1. The molecule has 0 aliphatic heterocycles. The largest absolute Gasteiger partial charge is 0.320 e. The zero-order valence-corrected chi connectivity index (χ0v) is 11.8. The first-order valence-electron chi connectivity index (χ1n) is 5.12. The highest BCUT2D eigenvalue weighted by Crippen LogP contribution is 2.23. The molecule has 4 nitrogen and oxygen atoms in total. The molecule has 0 bridgehead atoms. The van der Waals surface area contributed by atoms with Crippen molar-refractivity contribution in [1.29, 1.82) is 0 Å². The third-order valence-corrected chi connectivity index (χ3v) is 3.39. The van der Waals surface area contributed by atoms with Crippen LogP contribution in [0.4, 0.5) is 5.69 Å². The summed E-state index contributed by atoms with van der Waals surface area (Å²) in [7, 11) is 0. The van der Waals surface area contributed by atoms with Crippen molar-refractivity contribution in [3.8, 4) is 0 Å². The minimum Gasteiger partial charge on any atom is -0.320 e. The summed E-state index contributed by atoms with van der Waals surface area (Å²) in [6, 6.07) is 5.57. The fourth-order valence-electron chi connectivity index (χ4n) is 1.38. The highest BCUT2D eigenvalue weighted by Gasteiger charge is 2.10. The molecule has 1 heterocycles. The van der Waals surface area contributed by atoms with E-state index >= 15 is 0 Å². The molecule has 92 valence electrons. The second kappa shape index (κ2) is 5.46. The first-order valence-corrected chi connectivity index (χ1v) is 6.29. The molecule has 0 aliphatic rings. The molecule has 1 aromatic carbocycles. The molecule has 2 rings (SSSR count). The Morgan fingerprint density at radius 2 is 2.17 bits per heavy atom. The van der Waals surface area contributed by atoms with Crippen molar-refractivity contribution in [2.24, 2.45) is 0 Å². The summed E-state index contributed by atoms with van der Waals surface area (Å²) in [6.45, 7) is 1.91. The molecule has 0 saturated heterocycles. The number of carbonyl (C=O) groups is 1. The van der Waals surface area contributed by atoms with Crippen LogP contribution in [0.5, 0.6) is 0 Å². The maximum Gasteiger partial charge on any atom is 0.275 e. The lowest BCUT2D eigenvalue weighted by atomic mass is 10.2. The van der Waals surface area contributed by atoms with Crippen LogP contribution < -0.4 is 5.32 Å². The van der Waals surface area contributed by atoms with Crippen molar-refractivity contribution in [1.82, 2.24) is 9.97 Å². The predicted molar refractivity (Wildman–Crippen MR) is 73.9 cm³/mol. The molecule has 0 fully saturated rings. The molecule has 0 saturated carbocycles. The Bertz CT molecular complexity index is 604. The Labute approximate surface area is 118 Å². The first-order chi connectivity index (χ1) is 8.58. The minimum absolute atomic E-state index is 0.182. The summed E-state index contributed by atoms with van der Waals surface area (Å²) in [5.74, 6) is -0.341. The molecular weight excluding hydrogens is 318 g/mol. The Balaban J connectivity index is 2.24. The number of nitrogens with one attached hydrogen (secondary N) is 1. The fraction of sp³-hybridized carbons (Fsp3) is 0.0833. The zero-order chi connectivity index (χ0) is 13.1. The monoisotopic (exact) mass is 325 g/mol. The van der Waals surface area contributed by atoms with Crippen LogP contribution in [0.25, 0.3) is 0 Å². The highest BCUT2D eigenvalue weighted by atomic mass is 79.9.